The summed E-state index contributed by atoms with van der Waals surface area (Å²) in [5, 5.41) is 4.53. The summed E-state index contributed by atoms with van der Waals surface area (Å²) in [5.41, 5.74) is 3.64. The largest absolute Gasteiger partial charge is 0.304 e. The first-order valence-electron chi connectivity index (χ1n) is 9.14. The zero-order valence-electron chi connectivity index (χ0n) is 15.7. The zero-order valence-corrected chi connectivity index (χ0v) is 18.1. The fourth-order valence-corrected chi connectivity index (χ4v) is 4.78. The van der Waals surface area contributed by atoms with E-state index in [9.17, 15) is 9.00 Å². The number of carbonyl (C=O) groups is 1. The molecule has 1 aliphatic carbocycles. The van der Waals surface area contributed by atoms with Crippen LogP contribution in [0, 0.1) is 0 Å². The van der Waals surface area contributed by atoms with E-state index in [1.165, 1.54) is 0 Å². The van der Waals surface area contributed by atoms with Crippen molar-refractivity contribution in [2.24, 2.45) is 0 Å². The maximum atomic E-state index is 13.0. The van der Waals surface area contributed by atoms with Crippen molar-refractivity contribution in [1.82, 2.24) is 9.71 Å². The molecule has 1 unspecified atom stereocenters. The standard InChI is InChI=1S/C23H17ClN2O2S2/c24-19-2-1-3-22(21(14-19)23(27)17-8-11-25-12-9-17)26-30(28)20-6-4-16(5-7-20)18-10-13-29-15-18/h1-2,4-15,26H,3H2. The first-order chi connectivity index (χ1) is 14.6. The molecule has 0 aliphatic heterocycles. The Labute approximate surface area is 186 Å². The van der Waals surface area contributed by atoms with Gasteiger partial charge < -0.3 is 4.72 Å². The Kier molecular flexibility index (Phi) is 6.38. The molecule has 0 spiro atoms. The molecule has 0 saturated heterocycles. The third-order valence-corrected chi connectivity index (χ3v) is 6.58. The SMILES string of the molecule is O=C(C1=C(NS(=O)c2ccc(-c3ccsc3)cc2)CC=CC(Cl)=C1)c1ccncc1. The van der Waals surface area contributed by atoms with Gasteiger partial charge in [-0.25, -0.2) is 4.21 Å². The van der Waals surface area contributed by atoms with Crippen molar-refractivity contribution in [2.45, 2.75) is 11.3 Å². The molecule has 7 heteroatoms. The third kappa shape index (κ3) is 4.67. The van der Waals surface area contributed by atoms with Gasteiger partial charge in [-0.2, -0.15) is 11.3 Å². The van der Waals surface area contributed by atoms with Crippen LogP contribution in [0.3, 0.4) is 0 Å². The number of ketones is 1. The van der Waals surface area contributed by atoms with E-state index in [1.807, 2.05) is 41.8 Å². The van der Waals surface area contributed by atoms with E-state index in [0.717, 1.165) is 11.1 Å². The van der Waals surface area contributed by atoms with Crippen LogP contribution in [0.5, 0.6) is 0 Å². The quantitative estimate of drug-likeness (QED) is 0.492. The third-order valence-electron chi connectivity index (χ3n) is 4.53. The van der Waals surface area contributed by atoms with Crippen molar-refractivity contribution < 1.29 is 9.00 Å². The van der Waals surface area contributed by atoms with Crippen molar-refractivity contribution in [1.29, 1.82) is 0 Å². The first-order valence-corrected chi connectivity index (χ1v) is 11.6. The Morgan fingerprint density at radius 1 is 1.07 bits per heavy atom. The van der Waals surface area contributed by atoms with Crippen molar-refractivity contribution in [2.75, 3.05) is 0 Å². The zero-order chi connectivity index (χ0) is 20.9. The van der Waals surface area contributed by atoms with Crippen LogP contribution in [-0.2, 0) is 11.0 Å². The van der Waals surface area contributed by atoms with Crippen LogP contribution in [0.15, 0.2) is 105 Å². The Balaban J connectivity index is 1.62. The number of allylic oxidation sites excluding steroid dienone is 5. The number of pyridine rings is 1. The van der Waals surface area contributed by atoms with E-state index < -0.39 is 11.0 Å². The average molecular weight is 453 g/mol. The molecule has 0 fully saturated rings. The molecule has 4 nitrogen and oxygen atoms in total. The number of halogens is 1. The predicted octanol–water partition coefficient (Wildman–Crippen LogP) is 5.64. The van der Waals surface area contributed by atoms with Gasteiger partial charge in [-0.05, 0) is 64.4 Å². The highest BCUT2D eigenvalue weighted by Gasteiger charge is 2.19. The summed E-state index contributed by atoms with van der Waals surface area (Å²) >= 11 is 7.84. The molecule has 4 rings (SSSR count). The Hall–Kier alpha value is -2.80. The van der Waals surface area contributed by atoms with Crippen LogP contribution < -0.4 is 4.72 Å². The van der Waals surface area contributed by atoms with Crippen molar-refractivity contribution in [3.8, 4) is 11.1 Å². The maximum Gasteiger partial charge on any atom is 0.194 e. The number of aromatic nitrogens is 1. The van der Waals surface area contributed by atoms with Gasteiger partial charge in [0, 0.05) is 40.7 Å². The molecule has 3 aromatic rings. The summed E-state index contributed by atoms with van der Waals surface area (Å²) in [7, 11) is -1.52. The highest BCUT2D eigenvalue weighted by atomic mass is 35.5. The van der Waals surface area contributed by atoms with E-state index >= 15 is 0 Å². The normalized spacial score (nSPS) is 14.8. The van der Waals surface area contributed by atoms with Gasteiger partial charge in [0.05, 0.1) is 4.90 Å². The smallest absolute Gasteiger partial charge is 0.194 e. The number of thiophene rings is 1. The number of nitrogens with one attached hydrogen (secondary N) is 1. The number of Topliss-reactive ketones (excluding diaryl/α,β-unsaturated/α-hetero) is 1. The summed E-state index contributed by atoms with van der Waals surface area (Å²) in [4.78, 5) is 17.6. The lowest BCUT2D eigenvalue weighted by atomic mass is 10.0. The fourth-order valence-electron chi connectivity index (χ4n) is 3.00. The number of benzene rings is 1. The van der Waals surface area contributed by atoms with Crippen molar-refractivity contribution >= 4 is 39.7 Å². The maximum absolute atomic E-state index is 13.0. The van der Waals surface area contributed by atoms with E-state index in [0.29, 0.717) is 33.2 Å². The van der Waals surface area contributed by atoms with Crippen molar-refractivity contribution in [3.63, 3.8) is 0 Å². The Bertz CT molecular complexity index is 1170. The number of carbonyl (C=O) groups excluding carboxylic acids is 1. The van der Waals surface area contributed by atoms with Gasteiger partial charge in [0.25, 0.3) is 0 Å². The second-order valence-corrected chi connectivity index (χ2v) is 8.93. The topological polar surface area (TPSA) is 59.1 Å². The first kappa shape index (κ1) is 20.5. The molecule has 0 radical (unpaired) electrons. The lowest BCUT2D eigenvalue weighted by Crippen LogP contribution is -2.20. The molecule has 1 atom stereocenters. The van der Waals surface area contributed by atoms with E-state index in [1.54, 1.807) is 48.0 Å². The number of hydrogen-bond donors (Lipinski definition) is 1. The van der Waals surface area contributed by atoms with Gasteiger partial charge >= 0.3 is 0 Å². The summed E-state index contributed by atoms with van der Waals surface area (Å²) < 4.78 is 16.0. The molecule has 150 valence electrons. The van der Waals surface area contributed by atoms with Crippen LogP contribution in [0.25, 0.3) is 11.1 Å². The Morgan fingerprint density at radius 2 is 1.83 bits per heavy atom. The summed E-state index contributed by atoms with van der Waals surface area (Å²) in [5.74, 6) is -0.202. The molecule has 2 aromatic heterocycles. The Morgan fingerprint density at radius 3 is 2.53 bits per heavy atom. The van der Waals surface area contributed by atoms with Gasteiger partial charge in [0.1, 0.15) is 11.0 Å². The van der Waals surface area contributed by atoms with E-state index in [-0.39, 0.29) is 5.78 Å². The van der Waals surface area contributed by atoms with Crippen LogP contribution >= 0.6 is 22.9 Å². The monoisotopic (exact) mass is 452 g/mol. The van der Waals surface area contributed by atoms with Crippen LogP contribution in [0.4, 0.5) is 0 Å². The predicted molar refractivity (Wildman–Crippen MR) is 123 cm³/mol. The molecule has 0 amide bonds. The molecule has 0 bridgehead atoms. The van der Waals surface area contributed by atoms with Gasteiger partial charge in [-0.1, -0.05) is 29.8 Å². The second kappa shape index (κ2) is 9.34. The molecular formula is C23H17ClN2O2S2. The van der Waals surface area contributed by atoms with Crippen LogP contribution in [0.2, 0.25) is 0 Å². The number of hydrogen-bond acceptors (Lipinski definition) is 4. The summed E-state index contributed by atoms with van der Waals surface area (Å²) in [6.07, 6.45) is 8.72. The van der Waals surface area contributed by atoms with Gasteiger partial charge in [-0.3, -0.25) is 9.78 Å². The minimum absolute atomic E-state index is 0.202. The highest BCUT2D eigenvalue weighted by Crippen LogP contribution is 2.25. The second-order valence-electron chi connectivity index (χ2n) is 6.50. The summed E-state index contributed by atoms with van der Waals surface area (Å²) in [6, 6.07) is 12.9. The fraction of sp³-hybridized carbons (Fsp3) is 0.0435. The number of rotatable bonds is 6. The highest BCUT2D eigenvalue weighted by molar-refractivity contribution is 7.83. The van der Waals surface area contributed by atoms with Crippen LogP contribution in [0.1, 0.15) is 16.8 Å². The van der Waals surface area contributed by atoms with Crippen molar-refractivity contribution in [3.05, 3.63) is 106 Å². The summed E-state index contributed by atoms with van der Waals surface area (Å²) in [6.45, 7) is 0. The molecule has 1 N–H and O–H groups in total. The van der Waals surface area contributed by atoms with Gasteiger partial charge in [0.2, 0.25) is 0 Å². The molecular weight excluding hydrogens is 436 g/mol. The minimum Gasteiger partial charge on any atom is -0.304 e. The molecule has 1 aromatic carbocycles. The van der Waals surface area contributed by atoms with Gasteiger partial charge in [0.15, 0.2) is 5.78 Å². The average Bonchev–Trinajstić information content (AvgIpc) is 3.25. The van der Waals surface area contributed by atoms with E-state index in [2.05, 4.69) is 15.1 Å². The lowest BCUT2D eigenvalue weighted by molar-refractivity contribution is 0.103. The molecule has 1 aliphatic rings. The van der Waals surface area contributed by atoms with Crippen LogP contribution in [-0.4, -0.2) is 15.0 Å². The molecule has 30 heavy (non-hydrogen) atoms. The van der Waals surface area contributed by atoms with E-state index in [4.69, 9.17) is 11.6 Å². The minimum atomic E-state index is -1.52. The molecule has 2 heterocycles. The number of nitrogens with zero attached hydrogens (tertiary/aromatic N) is 1. The van der Waals surface area contributed by atoms with Gasteiger partial charge in [-0.15, -0.1) is 0 Å². The lowest BCUT2D eigenvalue weighted by Gasteiger charge is -2.13. The molecule has 0 saturated carbocycles.